The van der Waals surface area contributed by atoms with E-state index in [4.69, 9.17) is 11.3 Å². The molecule has 1 aliphatic heterocycles. The van der Waals surface area contributed by atoms with Crippen LogP contribution in [-0.4, -0.2) is 87.8 Å². The average Bonchev–Trinajstić information content (AvgIpc) is 3.60. The Hall–Kier alpha value is -4.98. The summed E-state index contributed by atoms with van der Waals surface area (Å²) >= 11 is 0. The summed E-state index contributed by atoms with van der Waals surface area (Å²) in [6.07, 6.45) is 7.80. The Bertz CT molecular complexity index is 1320. The van der Waals surface area contributed by atoms with Crippen LogP contribution in [0.3, 0.4) is 0 Å². The lowest BCUT2D eigenvalue weighted by Crippen LogP contribution is -2.51. The van der Waals surface area contributed by atoms with E-state index >= 15 is 0 Å². The van der Waals surface area contributed by atoms with Crippen LogP contribution in [0.25, 0.3) is 10.4 Å². The van der Waals surface area contributed by atoms with Crippen molar-refractivity contribution in [3.63, 3.8) is 0 Å². The normalized spacial score (nSPS) is 14.4. The number of azide groups is 1. The Labute approximate surface area is 267 Å². The highest BCUT2D eigenvalue weighted by atomic mass is 16.2. The van der Waals surface area contributed by atoms with Crippen LogP contribution in [0.5, 0.6) is 0 Å². The quantitative estimate of drug-likeness (QED) is 0.0818. The van der Waals surface area contributed by atoms with Crippen molar-refractivity contribution in [3.05, 3.63) is 58.7 Å². The Kier molecular flexibility index (Phi) is 15.0. The molecule has 3 rings (SSSR count). The predicted octanol–water partition coefficient (Wildman–Crippen LogP) is 1.81. The van der Waals surface area contributed by atoms with E-state index in [0.29, 0.717) is 84.0 Å². The van der Waals surface area contributed by atoms with E-state index < -0.39 is 18.0 Å². The third-order valence-electron chi connectivity index (χ3n) is 7.79. The fourth-order valence-corrected chi connectivity index (χ4v) is 5.19. The van der Waals surface area contributed by atoms with Crippen molar-refractivity contribution >= 4 is 29.7 Å². The van der Waals surface area contributed by atoms with Gasteiger partial charge in [-0.2, -0.15) is 4.68 Å². The van der Waals surface area contributed by atoms with Crippen LogP contribution in [0.2, 0.25) is 0 Å². The van der Waals surface area contributed by atoms with Gasteiger partial charge in [0.25, 0.3) is 0 Å². The number of rotatable bonds is 18. The molecule has 2 aromatic rings. The number of amides is 5. The van der Waals surface area contributed by atoms with Crippen molar-refractivity contribution < 1.29 is 24.0 Å². The first kappa shape index (κ1) is 35.5. The Morgan fingerprint density at radius 3 is 2.43 bits per heavy atom. The summed E-state index contributed by atoms with van der Waals surface area (Å²) in [5, 5.41) is 19.3. The van der Waals surface area contributed by atoms with Crippen LogP contribution in [0.1, 0.15) is 63.4 Å². The number of hydrogen-bond donors (Lipinski definition) is 4. The minimum atomic E-state index is -0.774. The highest BCUT2D eigenvalue weighted by molar-refractivity contribution is 5.89. The summed E-state index contributed by atoms with van der Waals surface area (Å²) in [4.78, 5) is 67.2. The molecule has 0 unspecified atom stereocenters. The Morgan fingerprint density at radius 2 is 1.76 bits per heavy atom. The Morgan fingerprint density at radius 1 is 1.00 bits per heavy atom. The molecule has 0 bridgehead atoms. The number of primary amides is 1. The molecule has 1 aromatic heterocycles. The number of likely N-dealkylation sites (tertiary alicyclic amines) is 1. The maximum absolute atomic E-state index is 13.2. The second-order valence-corrected chi connectivity index (χ2v) is 11.2. The number of nitrogens with one attached hydrogen (secondary N) is 3. The molecule has 0 saturated carbocycles. The van der Waals surface area contributed by atoms with Crippen molar-refractivity contribution in [3.8, 4) is 0 Å². The summed E-state index contributed by atoms with van der Waals surface area (Å²) in [6, 6.07) is 7.61. The van der Waals surface area contributed by atoms with E-state index in [1.54, 1.807) is 4.90 Å². The van der Waals surface area contributed by atoms with E-state index in [1.165, 1.54) is 12.4 Å². The molecular formula is C30H43N11O5. The molecule has 46 heavy (non-hydrogen) atoms. The zero-order valence-electron chi connectivity index (χ0n) is 25.9. The van der Waals surface area contributed by atoms with Crippen LogP contribution < -0.4 is 21.7 Å². The lowest BCUT2D eigenvalue weighted by molar-refractivity contribution is -0.131. The number of unbranched alkanes of at least 4 members (excludes halogenated alkanes) is 3. The molecule has 1 fully saturated rings. The van der Waals surface area contributed by atoms with Crippen molar-refractivity contribution in [2.24, 2.45) is 16.8 Å². The second kappa shape index (κ2) is 19.4. The molecule has 16 nitrogen and oxygen atoms in total. The van der Waals surface area contributed by atoms with Gasteiger partial charge in [0, 0.05) is 49.9 Å². The fraction of sp³-hybridized carbons (Fsp3) is 0.567. The van der Waals surface area contributed by atoms with Crippen molar-refractivity contribution in [2.75, 3.05) is 26.2 Å². The second-order valence-electron chi connectivity index (χ2n) is 11.2. The van der Waals surface area contributed by atoms with Crippen LogP contribution >= 0.6 is 0 Å². The molecule has 0 aliphatic carbocycles. The fourth-order valence-electron chi connectivity index (χ4n) is 5.19. The van der Waals surface area contributed by atoms with Gasteiger partial charge in [-0.3, -0.25) is 19.2 Å². The molecule has 0 radical (unpaired) electrons. The molecule has 1 saturated heterocycles. The van der Waals surface area contributed by atoms with Gasteiger partial charge in [-0.15, -0.1) is 5.10 Å². The zero-order valence-corrected chi connectivity index (χ0v) is 25.9. The zero-order chi connectivity index (χ0) is 33.1. The molecule has 248 valence electrons. The van der Waals surface area contributed by atoms with Gasteiger partial charge in [-0.25, -0.2) is 4.79 Å². The van der Waals surface area contributed by atoms with Crippen LogP contribution in [0.15, 0.2) is 47.8 Å². The average molecular weight is 638 g/mol. The first-order valence-electron chi connectivity index (χ1n) is 15.7. The summed E-state index contributed by atoms with van der Waals surface area (Å²) in [5.74, 6) is -1.73. The lowest BCUT2D eigenvalue weighted by Gasteiger charge is -2.31. The van der Waals surface area contributed by atoms with Crippen LogP contribution in [0, 0.1) is 5.92 Å². The number of carbonyl (C=O) groups is 5. The van der Waals surface area contributed by atoms with E-state index in [2.05, 4.69) is 36.3 Å². The van der Waals surface area contributed by atoms with Gasteiger partial charge in [0.1, 0.15) is 12.1 Å². The molecular weight excluding hydrogens is 594 g/mol. The number of nitrogens with zero attached hydrogens (tertiary/aromatic N) is 7. The lowest BCUT2D eigenvalue weighted by atomic mass is 9.95. The first-order valence-corrected chi connectivity index (χ1v) is 15.7. The van der Waals surface area contributed by atoms with E-state index in [-0.39, 0.29) is 36.1 Å². The number of carbonyl (C=O) groups excluding carboxylic acids is 5. The molecule has 16 heteroatoms. The summed E-state index contributed by atoms with van der Waals surface area (Å²) in [7, 11) is 0. The predicted molar refractivity (Wildman–Crippen MR) is 168 cm³/mol. The van der Waals surface area contributed by atoms with Gasteiger partial charge in [0.2, 0.25) is 23.6 Å². The molecule has 5 N–H and O–H groups in total. The number of piperidine rings is 1. The molecule has 0 spiro atoms. The van der Waals surface area contributed by atoms with Gasteiger partial charge >= 0.3 is 6.03 Å². The summed E-state index contributed by atoms with van der Waals surface area (Å²) in [5.41, 5.74) is 14.6. The van der Waals surface area contributed by atoms with Gasteiger partial charge in [-0.05, 0) is 49.6 Å². The Balaban J connectivity index is 1.40. The van der Waals surface area contributed by atoms with E-state index in [9.17, 15) is 24.0 Å². The smallest absolute Gasteiger partial charge is 0.346 e. The van der Waals surface area contributed by atoms with Crippen LogP contribution in [-0.2, 0) is 25.6 Å². The largest absolute Gasteiger partial charge is 0.368 e. The molecule has 2 heterocycles. The number of benzene rings is 1. The number of nitrogens with two attached hydrogens (primary N) is 1. The molecule has 1 aromatic carbocycles. The minimum absolute atomic E-state index is 0.215. The summed E-state index contributed by atoms with van der Waals surface area (Å²) < 4.78 is 1.16. The number of aromatic nitrogens is 3. The molecule has 1 aliphatic rings. The minimum Gasteiger partial charge on any atom is -0.368 e. The van der Waals surface area contributed by atoms with Gasteiger partial charge in [-0.1, -0.05) is 53.5 Å². The topological polar surface area (TPSA) is 230 Å². The van der Waals surface area contributed by atoms with Gasteiger partial charge in [0.05, 0.1) is 12.4 Å². The highest BCUT2D eigenvalue weighted by Crippen LogP contribution is 2.19. The summed E-state index contributed by atoms with van der Waals surface area (Å²) in [6.45, 7) is 1.49. The van der Waals surface area contributed by atoms with E-state index in [0.717, 1.165) is 10.2 Å². The number of hydrogen-bond acceptors (Lipinski definition) is 8. The third-order valence-corrected chi connectivity index (χ3v) is 7.79. The highest BCUT2D eigenvalue weighted by Gasteiger charge is 2.31. The van der Waals surface area contributed by atoms with Crippen molar-refractivity contribution in [2.45, 2.75) is 76.3 Å². The van der Waals surface area contributed by atoms with E-state index in [1.807, 2.05) is 30.3 Å². The monoisotopic (exact) mass is 637 g/mol. The van der Waals surface area contributed by atoms with Gasteiger partial charge in [0.15, 0.2) is 0 Å². The third kappa shape index (κ3) is 12.2. The molecule has 5 amide bonds. The van der Waals surface area contributed by atoms with Crippen LogP contribution in [0.4, 0.5) is 4.79 Å². The SMILES string of the molecule is [N-]=[N+]=NCCCC[C@H](NC(=O)CCCCCNC(=O)[C@H](Cc1ccccc1)NC(=O)C1CCN(C(=O)n2ccnn2)CC1)C(N)=O. The van der Waals surface area contributed by atoms with Crippen molar-refractivity contribution in [1.29, 1.82) is 0 Å². The standard InChI is InChI=1S/C30H43N11O5/c31-27(43)24(11-6-8-16-34-38-32)36-26(42)12-5-2-7-15-33-29(45)25(21-22-9-3-1-4-10-22)37-28(44)23-13-18-40(19-14-23)30(46)41-20-17-35-39-41/h1,3-4,9-10,17,20,23-25H,2,5-8,11-16,18-19,21H2,(H2,31,43)(H,33,45)(H,36,42)(H,37,44)/t24-,25-/m0/s1. The first-order chi connectivity index (χ1) is 22.3. The van der Waals surface area contributed by atoms with Crippen molar-refractivity contribution in [1.82, 2.24) is 35.8 Å². The maximum atomic E-state index is 13.2. The maximum Gasteiger partial charge on any atom is 0.346 e. The molecule has 2 atom stereocenters. The van der Waals surface area contributed by atoms with Gasteiger partial charge < -0.3 is 26.6 Å².